The van der Waals surface area contributed by atoms with E-state index in [0.717, 1.165) is 4.90 Å². The molecule has 11 heteroatoms. The molecule has 1 atom stereocenters. The average Bonchev–Trinajstić information content (AvgIpc) is 2.98. The van der Waals surface area contributed by atoms with Gasteiger partial charge in [0.1, 0.15) is 5.54 Å². The maximum absolute atomic E-state index is 13.2. The summed E-state index contributed by atoms with van der Waals surface area (Å²) in [5.74, 6) is -0.492. The number of nitrogens with zero attached hydrogens (tertiary/aromatic N) is 2. The number of ether oxygens (including phenoxy) is 1. The number of benzene rings is 2. The molecule has 2 aromatic rings. The summed E-state index contributed by atoms with van der Waals surface area (Å²) < 4.78 is 32.5. The minimum absolute atomic E-state index is 0.0854. The number of imide groups is 1. The molecule has 0 radical (unpaired) electrons. The number of halogens is 2. The van der Waals surface area contributed by atoms with Crippen molar-refractivity contribution in [2.75, 3.05) is 26.3 Å². The molecule has 0 aliphatic carbocycles. The van der Waals surface area contributed by atoms with Gasteiger partial charge in [-0.05, 0) is 36.8 Å². The second kappa shape index (κ2) is 8.64. The van der Waals surface area contributed by atoms with Gasteiger partial charge in [0, 0.05) is 28.7 Å². The molecule has 0 spiro atoms. The molecule has 3 amide bonds. The van der Waals surface area contributed by atoms with Gasteiger partial charge in [0.05, 0.1) is 24.7 Å². The van der Waals surface area contributed by atoms with Gasteiger partial charge in [-0.3, -0.25) is 9.69 Å². The Balaban J connectivity index is 1.59. The maximum Gasteiger partial charge on any atom is 0.325 e. The van der Waals surface area contributed by atoms with Crippen LogP contribution in [0.25, 0.3) is 0 Å². The fraction of sp³-hybridized carbons (Fsp3) is 0.333. The highest BCUT2D eigenvalue weighted by Gasteiger charge is 2.49. The van der Waals surface area contributed by atoms with Crippen molar-refractivity contribution >= 4 is 45.2 Å². The van der Waals surface area contributed by atoms with Crippen LogP contribution in [0.3, 0.4) is 0 Å². The standard InChI is InChI=1S/C21H21Cl2N3O5S/c1-21(17-6-5-15(22)12-18(17)23)19(27)26(20(28)24-21)13-14-3-2-4-16(11-14)32(29,30)25-7-9-31-10-8-25/h2-6,11-12H,7-10,13H2,1H3,(H,24,28)/t21-/m1/s1. The first-order chi connectivity index (χ1) is 15.1. The molecule has 4 rings (SSSR count). The Kier molecular flexibility index (Phi) is 6.21. The smallest absolute Gasteiger partial charge is 0.325 e. The highest BCUT2D eigenvalue weighted by molar-refractivity contribution is 7.89. The SMILES string of the molecule is C[C@]1(c2ccc(Cl)cc2Cl)NC(=O)N(Cc2cccc(S(=O)(=O)N3CCOCC3)c2)C1=O. The lowest BCUT2D eigenvalue weighted by Crippen LogP contribution is -2.41. The lowest BCUT2D eigenvalue weighted by Gasteiger charge is -2.26. The molecular formula is C21H21Cl2N3O5S. The predicted octanol–water partition coefficient (Wildman–Crippen LogP) is 2.98. The summed E-state index contributed by atoms with van der Waals surface area (Å²) in [6, 6.07) is 10.3. The fourth-order valence-electron chi connectivity index (χ4n) is 3.84. The zero-order chi connectivity index (χ0) is 23.1. The van der Waals surface area contributed by atoms with E-state index in [1.165, 1.54) is 22.5 Å². The van der Waals surface area contributed by atoms with Gasteiger partial charge in [0.25, 0.3) is 5.91 Å². The van der Waals surface area contributed by atoms with Crippen LogP contribution in [0.1, 0.15) is 18.1 Å². The highest BCUT2D eigenvalue weighted by atomic mass is 35.5. The summed E-state index contributed by atoms with van der Waals surface area (Å²) in [4.78, 5) is 27.0. The van der Waals surface area contributed by atoms with Crippen LogP contribution in [-0.4, -0.2) is 55.9 Å². The van der Waals surface area contributed by atoms with Gasteiger partial charge < -0.3 is 10.1 Å². The average molecular weight is 498 g/mol. The molecule has 0 aromatic heterocycles. The van der Waals surface area contributed by atoms with Gasteiger partial charge >= 0.3 is 6.03 Å². The van der Waals surface area contributed by atoms with Crippen LogP contribution in [0.4, 0.5) is 4.79 Å². The lowest BCUT2D eigenvalue weighted by atomic mass is 9.92. The minimum Gasteiger partial charge on any atom is -0.379 e. The van der Waals surface area contributed by atoms with Gasteiger partial charge in [0.2, 0.25) is 10.0 Å². The number of morpholine rings is 1. The number of hydrogen-bond acceptors (Lipinski definition) is 5. The number of urea groups is 1. The van der Waals surface area contributed by atoms with E-state index >= 15 is 0 Å². The topological polar surface area (TPSA) is 96.0 Å². The van der Waals surface area contributed by atoms with Crippen LogP contribution >= 0.6 is 23.2 Å². The van der Waals surface area contributed by atoms with E-state index in [4.69, 9.17) is 27.9 Å². The van der Waals surface area contributed by atoms with E-state index in [1.54, 1.807) is 31.2 Å². The van der Waals surface area contributed by atoms with Crippen molar-refractivity contribution in [3.63, 3.8) is 0 Å². The Morgan fingerprint density at radius 2 is 1.81 bits per heavy atom. The molecule has 0 unspecified atom stereocenters. The molecule has 2 fully saturated rings. The van der Waals surface area contributed by atoms with E-state index in [2.05, 4.69) is 5.32 Å². The molecule has 1 N–H and O–H groups in total. The first-order valence-corrected chi connectivity index (χ1v) is 12.1. The normalized spacial score (nSPS) is 22.3. The lowest BCUT2D eigenvalue weighted by molar-refractivity contribution is -0.131. The van der Waals surface area contributed by atoms with Gasteiger partial charge in [-0.25, -0.2) is 13.2 Å². The molecule has 2 aromatic carbocycles. The van der Waals surface area contributed by atoms with Crippen molar-refractivity contribution in [2.24, 2.45) is 0 Å². The molecule has 32 heavy (non-hydrogen) atoms. The highest BCUT2D eigenvalue weighted by Crippen LogP contribution is 2.35. The molecule has 2 aliphatic heterocycles. The van der Waals surface area contributed by atoms with E-state index < -0.39 is 27.5 Å². The predicted molar refractivity (Wildman–Crippen MR) is 119 cm³/mol. The summed E-state index contributed by atoms with van der Waals surface area (Å²) in [6.07, 6.45) is 0. The largest absolute Gasteiger partial charge is 0.379 e. The Hall–Kier alpha value is -2.17. The first kappa shape index (κ1) is 23.0. The van der Waals surface area contributed by atoms with Crippen LogP contribution in [0.2, 0.25) is 10.0 Å². The number of nitrogens with one attached hydrogen (secondary N) is 1. The molecule has 2 heterocycles. The van der Waals surface area contributed by atoms with Crippen molar-refractivity contribution in [3.05, 3.63) is 63.6 Å². The van der Waals surface area contributed by atoms with E-state index in [0.29, 0.717) is 29.4 Å². The second-order valence-electron chi connectivity index (χ2n) is 7.73. The Morgan fingerprint density at radius 3 is 2.50 bits per heavy atom. The van der Waals surface area contributed by atoms with E-state index in [1.807, 2.05) is 0 Å². The molecule has 8 nitrogen and oxygen atoms in total. The zero-order valence-corrected chi connectivity index (χ0v) is 19.5. The van der Waals surface area contributed by atoms with Crippen LogP contribution in [0, 0.1) is 0 Å². The van der Waals surface area contributed by atoms with Gasteiger partial charge in [-0.1, -0.05) is 41.4 Å². The second-order valence-corrected chi connectivity index (χ2v) is 10.5. The third kappa shape index (κ3) is 4.11. The Labute approximate surface area is 196 Å². The van der Waals surface area contributed by atoms with Crippen LogP contribution < -0.4 is 5.32 Å². The number of carbonyl (C=O) groups is 2. The van der Waals surface area contributed by atoms with Crippen molar-refractivity contribution in [2.45, 2.75) is 23.9 Å². The van der Waals surface area contributed by atoms with Crippen LogP contribution in [-0.2, 0) is 31.6 Å². The number of rotatable bonds is 5. The molecule has 0 bridgehead atoms. The third-order valence-corrected chi connectivity index (χ3v) is 8.03. The minimum atomic E-state index is -3.70. The Morgan fingerprint density at radius 1 is 1.09 bits per heavy atom. The van der Waals surface area contributed by atoms with Crippen molar-refractivity contribution < 1.29 is 22.7 Å². The van der Waals surface area contributed by atoms with Gasteiger partial charge in [-0.2, -0.15) is 4.31 Å². The summed E-state index contributed by atoms with van der Waals surface area (Å²) in [5.41, 5.74) is -0.432. The summed E-state index contributed by atoms with van der Waals surface area (Å²) in [7, 11) is -3.70. The Bertz CT molecular complexity index is 1180. The van der Waals surface area contributed by atoms with Gasteiger partial charge in [-0.15, -0.1) is 0 Å². The number of sulfonamides is 1. The van der Waals surface area contributed by atoms with Crippen LogP contribution in [0.5, 0.6) is 0 Å². The van der Waals surface area contributed by atoms with Crippen LogP contribution in [0.15, 0.2) is 47.4 Å². The zero-order valence-electron chi connectivity index (χ0n) is 17.2. The molecule has 2 saturated heterocycles. The molecule has 0 saturated carbocycles. The number of hydrogen-bond donors (Lipinski definition) is 1. The molecule has 2 aliphatic rings. The first-order valence-electron chi connectivity index (χ1n) is 9.89. The fourth-order valence-corrected chi connectivity index (χ4v) is 5.92. The summed E-state index contributed by atoms with van der Waals surface area (Å²) >= 11 is 12.2. The summed E-state index contributed by atoms with van der Waals surface area (Å²) in [6.45, 7) is 2.72. The van der Waals surface area contributed by atoms with Crippen molar-refractivity contribution in [1.29, 1.82) is 0 Å². The van der Waals surface area contributed by atoms with Crippen molar-refractivity contribution in [3.8, 4) is 0 Å². The van der Waals surface area contributed by atoms with E-state index in [-0.39, 0.29) is 29.6 Å². The number of amides is 3. The molecular weight excluding hydrogens is 477 g/mol. The monoisotopic (exact) mass is 497 g/mol. The maximum atomic E-state index is 13.2. The van der Waals surface area contributed by atoms with E-state index in [9.17, 15) is 18.0 Å². The van der Waals surface area contributed by atoms with Gasteiger partial charge in [0.15, 0.2) is 0 Å². The number of carbonyl (C=O) groups excluding carboxylic acids is 2. The summed E-state index contributed by atoms with van der Waals surface area (Å²) in [5, 5.41) is 3.36. The molecule has 170 valence electrons. The third-order valence-electron chi connectivity index (χ3n) is 5.59. The quantitative estimate of drug-likeness (QED) is 0.640. The van der Waals surface area contributed by atoms with Crippen molar-refractivity contribution in [1.82, 2.24) is 14.5 Å².